The second kappa shape index (κ2) is 13.5. The quantitative estimate of drug-likeness (QED) is 0.100. The van der Waals surface area contributed by atoms with Crippen molar-refractivity contribution in [3.8, 4) is 33.8 Å². The van der Waals surface area contributed by atoms with Gasteiger partial charge in [0.05, 0.1) is 38.9 Å². The Morgan fingerprint density at radius 1 is 0.467 bits per heavy atom. The fourth-order valence-corrected chi connectivity index (χ4v) is 9.44. The van der Waals surface area contributed by atoms with E-state index in [2.05, 4.69) is 127 Å². The number of benzene rings is 7. The van der Waals surface area contributed by atoms with Crippen LogP contribution in [0.5, 0.6) is 11.5 Å². The summed E-state index contributed by atoms with van der Waals surface area (Å²) in [7, 11) is 0. The Labute approximate surface area is 358 Å². The number of fused-ring (bicyclic) bond motifs is 16. The summed E-state index contributed by atoms with van der Waals surface area (Å²) >= 11 is 0. The molecule has 288 valence electrons. The first-order valence-corrected chi connectivity index (χ1v) is 19.8. The van der Waals surface area contributed by atoms with E-state index in [1.807, 2.05) is 42.5 Å². The molecular weight excluding hydrogens is 831 g/mol. The third kappa shape index (κ3) is 5.18. The van der Waals surface area contributed by atoms with Gasteiger partial charge in [0.25, 0.3) is 0 Å². The van der Waals surface area contributed by atoms with E-state index >= 15 is 0 Å². The molecular formula is C52H34N6OPd. The van der Waals surface area contributed by atoms with Gasteiger partial charge in [0.1, 0.15) is 5.65 Å². The van der Waals surface area contributed by atoms with Crippen molar-refractivity contribution < 1.29 is 25.2 Å². The Morgan fingerprint density at radius 3 is 1.68 bits per heavy atom. The average Bonchev–Trinajstić information content (AvgIpc) is 3.84. The molecule has 0 bridgehead atoms. The van der Waals surface area contributed by atoms with Crippen molar-refractivity contribution in [3.05, 3.63) is 168 Å². The molecule has 0 fully saturated rings. The minimum Gasteiger partial charge on any atom is -0.497 e. The number of pyridine rings is 2. The molecule has 7 nitrogen and oxygen atoms in total. The van der Waals surface area contributed by atoms with E-state index in [0.717, 1.165) is 77.0 Å². The van der Waals surface area contributed by atoms with E-state index in [4.69, 9.17) is 24.7 Å². The van der Waals surface area contributed by atoms with Gasteiger partial charge in [0.2, 0.25) is 0 Å². The summed E-state index contributed by atoms with van der Waals surface area (Å²) in [6.07, 6.45) is 3.44. The number of aromatic nitrogens is 6. The van der Waals surface area contributed by atoms with Gasteiger partial charge in [-0.2, -0.15) is 0 Å². The SMILES string of the molecule is Cc1cccc(C)c1-c1ccc2c(c1-c1c(C)cccc1C)c1ccc(Oc3[c-]c4c(cc3)c3nccnc3n3c5ccccc5nc43)[c-]c1c1nc3ccccc3n21.[Pd+2]. The van der Waals surface area contributed by atoms with Gasteiger partial charge in [-0.25, -0.2) is 4.98 Å². The van der Waals surface area contributed by atoms with Crippen LogP contribution in [-0.4, -0.2) is 28.7 Å². The molecule has 0 saturated carbocycles. The van der Waals surface area contributed by atoms with Gasteiger partial charge < -0.3 is 13.5 Å². The number of aryl methyl sites for hydroxylation is 4. The Bertz CT molecular complexity index is 3730. The van der Waals surface area contributed by atoms with Crippen molar-refractivity contribution in [2.75, 3.05) is 0 Å². The first kappa shape index (κ1) is 36.1. The number of rotatable bonds is 4. The molecule has 0 aliphatic rings. The maximum atomic E-state index is 6.72. The van der Waals surface area contributed by atoms with Gasteiger partial charge >= 0.3 is 20.4 Å². The van der Waals surface area contributed by atoms with Crippen LogP contribution >= 0.6 is 0 Å². The number of hydrogen-bond donors (Lipinski definition) is 0. The summed E-state index contributed by atoms with van der Waals surface area (Å²) in [6.45, 7) is 8.86. The molecule has 12 rings (SSSR count). The Morgan fingerprint density at radius 2 is 1.02 bits per heavy atom. The van der Waals surface area contributed by atoms with E-state index < -0.39 is 0 Å². The Hall–Kier alpha value is -6.98. The molecule has 5 aromatic heterocycles. The van der Waals surface area contributed by atoms with E-state index in [9.17, 15) is 0 Å². The molecule has 0 N–H and O–H groups in total. The van der Waals surface area contributed by atoms with Crippen LogP contribution in [-0.2, 0) is 20.4 Å². The van der Waals surface area contributed by atoms with Crippen molar-refractivity contribution in [2.45, 2.75) is 27.7 Å². The van der Waals surface area contributed by atoms with Gasteiger partial charge in [0.15, 0.2) is 0 Å². The van der Waals surface area contributed by atoms with Crippen molar-refractivity contribution in [1.82, 2.24) is 28.7 Å². The number of para-hydroxylation sites is 4. The summed E-state index contributed by atoms with van der Waals surface area (Å²) in [4.78, 5) is 19.8. The molecule has 8 heteroatoms. The summed E-state index contributed by atoms with van der Waals surface area (Å²) in [5, 5.41) is 4.79. The smallest absolute Gasteiger partial charge is 0.497 e. The van der Waals surface area contributed by atoms with Crippen LogP contribution < -0.4 is 4.74 Å². The number of hydrogen-bond acceptors (Lipinski definition) is 5. The van der Waals surface area contributed by atoms with Gasteiger partial charge in [-0.05, 0) is 108 Å². The van der Waals surface area contributed by atoms with Crippen LogP contribution in [0.1, 0.15) is 22.3 Å². The topological polar surface area (TPSA) is 69.6 Å². The molecule has 0 unspecified atom stereocenters. The molecule has 0 atom stereocenters. The predicted octanol–water partition coefficient (Wildman–Crippen LogP) is 12.6. The molecule has 60 heavy (non-hydrogen) atoms. The number of nitrogens with zero attached hydrogens (tertiary/aromatic N) is 6. The zero-order chi connectivity index (χ0) is 39.5. The normalized spacial score (nSPS) is 11.9. The van der Waals surface area contributed by atoms with Crippen molar-refractivity contribution in [3.63, 3.8) is 0 Å². The van der Waals surface area contributed by atoms with Crippen molar-refractivity contribution in [1.29, 1.82) is 0 Å². The third-order valence-electron chi connectivity index (χ3n) is 11.9. The fraction of sp³-hybridized carbons (Fsp3) is 0.0769. The summed E-state index contributed by atoms with van der Waals surface area (Å²) in [5.41, 5.74) is 17.8. The molecule has 7 aromatic carbocycles. The van der Waals surface area contributed by atoms with Gasteiger partial charge in [-0.3, -0.25) is 15.0 Å². The Kier molecular flexibility index (Phi) is 8.15. The summed E-state index contributed by atoms with van der Waals surface area (Å²) < 4.78 is 11.1. The van der Waals surface area contributed by atoms with E-state index in [0.29, 0.717) is 11.5 Å². The van der Waals surface area contributed by atoms with Crippen LogP contribution in [0.4, 0.5) is 0 Å². The van der Waals surface area contributed by atoms with Crippen molar-refractivity contribution in [2.24, 2.45) is 0 Å². The zero-order valence-corrected chi connectivity index (χ0v) is 34.7. The number of ether oxygens (including phenoxy) is 1. The van der Waals surface area contributed by atoms with Crippen LogP contribution in [0.15, 0.2) is 134 Å². The van der Waals surface area contributed by atoms with Crippen molar-refractivity contribution >= 4 is 77.0 Å². The average molecular weight is 865 g/mol. The fourth-order valence-electron chi connectivity index (χ4n) is 9.44. The largest absolute Gasteiger partial charge is 2.00 e. The molecule has 5 heterocycles. The van der Waals surface area contributed by atoms with Crippen LogP contribution in [0.3, 0.4) is 0 Å². The molecule has 0 saturated heterocycles. The zero-order valence-electron chi connectivity index (χ0n) is 33.1. The van der Waals surface area contributed by atoms with Gasteiger partial charge in [0, 0.05) is 29.4 Å². The second-order valence-electron chi connectivity index (χ2n) is 15.5. The van der Waals surface area contributed by atoms with E-state index in [1.54, 1.807) is 12.4 Å². The molecule has 0 spiro atoms. The molecule has 0 amide bonds. The molecule has 0 radical (unpaired) electrons. The first-order chi connectivity index (χ1) is 28.9. The molecule has 0 aliphatic carbocycles. The van der Waals surface area contributed by atoms with Gasteiger partial charge in [-0.1, -0.05) is 113 Å². The van der Waals surface area contributed by atoms with E-state index in [1.165, 1.54) is 44.5 Å². The summed E-state index contributed by atoms with van der Waals surface area (Å²) in [5.74, 6) is 1.11. The maximum absolute atomic E-state index is 6.72. The molecule has 0 aliphatic heterocycles. The standard InChI is InChI=1S/C52H34N6O.Pd/c1-29-11-9-12-30(2)45(29)37-23-24-44-47(48(37)46-31(3)13-10-14-32(46)4)35-21-19-33(27-38(35)50-55-40-15-5-7-17-42(40)57(44)50)59-34-20-22-36-39(28-34)51-56-41-16-6-8-18-43(41)58(51)52-49(36)53-25-26-54-52;/h5-26H,1-4H3;/q-2;+2. The minimum absolute atomic E-state index is 0. The summed E-state index contributed by atoms with van der Waals surface area (Å²) in [6, 6.07) is 49.6. The van der Waals surface area contributed by atoms with Gasteiger partial charge in [-0.15, -0.1) is 12.1 Å². The minimum atomic E-state index is 0. The second-order valence-corrected chi connectivity index (χ2v) is 15.5. The van der Waals surface area contributed by atoms with Crippen LogP contribution in [0.25, 0.3) is 99.2 Å². The van der Waals surface area contributed by atoms with Crippen LogP contribution in [0.2, 0.25) is 0 Å². The third-order valence-corrected chi connectivity index (χ3v) is 11.9. The number of imidazole rings is 2. The van der Waals surface area contributed by atoms with E-state index in [-0.39, 0.29) is 20.4 Å². The van der Waals surface area contributed by atoms with Crippen LogP contribution in [0, 0.1) is 39.8 Å². The molecule has 12 aromatic rings. The first-order valence-electron chi connectivity index (χ1n) is 19.8. The maximum Gasteiger partial charge on any atom is 2.00 e. The predicted molar refractivity (Wildman–Crippen MR) is 239 cm³/mol. The Balaban J connectivity index is 0.00000408. The monoisotopic (exact) mass is 864 g/mol.